The number of aromatic carboxylic acids is 1. The van der Waals surface area contributed by atoms with Crippen molar-refractivity contribution in [1.82, 2.24) is 10.6 Å². The number of rotatable bonds is 15. The van der Waals surface area contributed by atoms with Gasteiger partial charge in [0.05, 0.1) is 29.1 Å². The Morgan fingerprint density at radius 2 is 1.95 bits per heavy atom. The molecule has 0 saturated carbocycles. The number of azide groups is 1. The number of phenols is 1. The van der Waals surface area contributed by atoms with Crippen LogP contribution >= 0.6 is 30.0 Å². The number of aliphatic hydroxyl groups is 1. The minimum atomic E-state index is -3.56. The molecule has 3 atom stereocenters. The number of carboxylic acids is 1. The lowest BCUT2D eigenvalue weighted by atomic mass is 10.1. The molecule has 14 heteroatoms. The quantitative estimate of drug-likeness (QED) is 0.0400. The molecule has 206 valence electrons. The molecule has 0 saturated heterocycles. The number of nitrogens with zero attached hydrogens (tertiary/aromatic N) is 3. The van der Waals surface area contributed by atoms with Crippen LogP contribution < -0.4 is 10.6 Å². The Morgan fingerprint density at radius 1 is 1.21 bits per heavy atom. The van der Waals surface area contributed by atoms with Gasteiger partial charge in [-0.15, -0.1) is 0 Å². The third kappa shape index (κ3) is 10.2. The molecule has 0 heterocycles. The first-order valence-corrected chi connectivity index (χ1v) is 15.0. The number of nitrogens with one attached hydrogen (secondary N) is 2. The molecule has 0 fully saturated rings. The van der Waals surface area contributed by atoms with Crippen molar-refractivity contribution < 1.29 is 34.4 Å². The van der Waals surface area contributed by atoms with Crippen molar-refractivity contribution in [1.29, 1.82) is 0 Å². The molecule has 38 heavy (non-hydrogen) atoms. The van der Waals surface area contributed by atoms with E-state index < -0.39 is 25.3 Å². The lowest BCUT2D eigenvalue weighted by Gasteiger charge is -2.20. The van der Waals surface area contributed by atoms with Crippen LogP contribution in [0.25, 0.3) is 10.4 Å². The number of carboxylic acid groups (broad SMARTS) is 1. The van der Waals surface area contributed by atoms with Gasteiger partial charge in [0.15, 0.2) is 0 Å². The Labute approximate surface area is 233 Å². The average Bonchev–Trinajstić information content (AvgIpc) is 2.86. The minimum Gasteiger partial charge on any atom is -0.507 e. The van der Waals surface area contributed by atoms with Crippen molar-refractivity contribution >= 4 is 47.5 Å². The van der Waals surface area contributed by atoms with Gasteiger partial charge in [-0.2, -0.15) is 0 Å². The largest absolute Gasteiger partial charge is 0.507 e. The SMILES string of the molecule is C[C@@H](NC[C@H](O)CP(=O)(O)CCCCCNC(=O)c1cc(I)c(N=[N+]=[N-])cc1O)c1cccc(C(=O)O)c1. The third-order valence-electron chi connectivity index (χ3n) is 5.72. The van der Waals surface area contributed by atoms with E-state index >= 15 is 0 Å². The van der Waals surface area contributed by atoms with E-state index in [1.807, 2.05) is 29.5 Å². The van der Waals surface area contributed by atoms with Gasteiger partial charge in [-0.25, -0.2) is 4.79 Å². The zero-order chi connectivity index (χ0) is 28.3. The molecule has 6 N–H and O–H groups in total. The molecule has 0 aliphatic carbocycles. The van der Waals surface area contributed by atoms with E-state index in [1.54, 1.807) is 12.1 Å². The summed E-state index contributed by atoms with van der Waals surface area (Å²) in [5.74, 6) is -1.82. The van der Waals surface area contributed by atoms with Gasteiger partial charge in [-0.1, -0.05) is 23.7 Å². The smallest absolute Gasteiger partial charge is 0.335 e. The third-order valence-corrected chi connectivity index (χ3v) is 8.59. The number of benzene rings is 2. The molecule has 2 aromatic rings. The van der Waals surface area contributed by atoms with E-state index in [-0.39, 0.29) is 47.5 Å². The number of halogens is 1. The number of unbranched alkanes of at least 4 members (excludes halogenated alkanes) is 2. The first kappa shape index (κ1) is 31.5. The van der Waals surface area contributed by atoms with E-state index in [4.69, 9.17) is 10.6 Å². The van der Waals surface area contributed by atoms with Gasteiger partial charge in [0, 0.05) is 33.8 Å². The van der Waals surface area contributed by atoms with Crippen molar-refractivity contribution in [2.24, 2.45) is 5.11 Å². The fourth-order valence-electron chi connectivity index (χ4n) is 3.67. The molecule has 2 rings (SSSR count). The molecule has 0 spiro atoms. The van der Waals surface area contributed by atoms with Crippen LogP contribution in [0.2, 0.25) is 0 Å². The monoisotopic (exact) mass is 659 g/mol. The highest BCUT2D eigenvalue weighted by Crippen LogP contribution is 2.42. The summed E-state index contributed by atoms with van der Waals surface area (Å²) in [6.07, 6.45) is 0.297. The molecule has 2 aromatic carbocycles. The van der Waals surface area contributed by atoms with Gasteiger partial charge in [0.25, 0.3) is 5.91 Å². The lowest BCUT2D eigenvalue weighted by molar-refractivity contribution is 0.0696. The standard InChI is InChI=1S/C24H31IN5O7P/c1-15(16-6-5-7-17(10-16)24(34)35)28-13-18(31)14-38(36,37)9-4-2-3-8-27-23(33)19-11-20(25)21(29-30-26)12-22(19)32/h5-7,10-12,15,18,28,31-32H,2-4,8-9,13-14H2,1H3,(H,27,33)(H,34,35)(H,36,37)/t15-,18+/m1/s1. The number of phenolic OH excluding ortho intramolecular Hbond substituents is 1. The van der Waals surface area contributed by atoms with Crippen molar-refractivity contribution in [2.45, 2.75) is 38.3 Å². The Morgan fingerprint density at radius 3 is 2.63 bits per heavy atom. The van der Waals surface area contributed by atoms with Gasteiger partial charge in [-0.3, -0.25) is 9.36 Å². The van der Waals surface area contributed by atoms with Gasteiger partial charge in [0.1, 0.15) is 5.75 Å². The summed E-state index contributed by atoms with van der Waals surface area (Å²) in [5.41, 5.74) is 9.69. The summed E-state index contributed by atoms with van der Waals surface area (Å²) in [4.78, 5) is 36.4. The Balaban J connectivity index is 1.69. The first-order chi connectivity index (χ1) is 17.9. The number of aliphatic hydroxyl groups excluding tert-OH is 1. The van der Waals surface area contributed by atoms with Gasteiger partial charge < -0.3 is 30.8 Å². The van der Waals surface area contributed by atoms with E-state index in [1.165, 1.54) is 24.3 Å². The highest BCUT2D eigenvalue weighted by Gasteiger charge is 2.23. The summed E-state index contributed by atoms with van der Waals surface area (Å²) in [5, 5.41) is 38.6. The summed E-state index contributed by atoms with van der Waals surface area (Å²) >= 11 is 1.90. The van der Waals surface area contributed by atoms with Crippen LogP contribution in [-0.4, -0.2) is 63.6 Å². The molecule has 0 aliphatic rings. The van der Waals surface area contributed by atoms with Gasteiger partial charge >= 0.3 is 5.97 Å². The van der Waals surface area contributed by atoms with Gasteiger partial charge in [0.2, 0.25) is 7.37 Å². The number of carbonyl (C=O) groups excluding carboxylic acids is 1. The van der Waals surface area contributed by atoms with E-state index in [0.717, 1.165) is 5.56 Å². The molecule has 1 amide bonds. The fraction of sp³-hybridized carbons (Fsp3) is 0.417. The molecule has 0 aromatic heterocycles. The average molecular weight is 659 g/mol. The maximum atomic E-state index is 12.5. The van der Waals surface area contributed by atoms with Gasteiger partial charge in [-0.05, 0) is 77.7 Å². The number of carbonyl (C=O) groups is 2. The Bertz CT molecular complexity index is 1240. The zero-order valence-electron chi connectivity index (χ0n) is 20.7. The summed E-state index contributed by atoms with van der Waals surface area (Å²) in [6.45, 7) is 2.19. The highest BCUT2D eigenvalue weighted by atomic mass is 127. The van der Waals surface area contributed by atoms with Crippen LogP contribution in [0, 0.1) is 3.57 Å². The minimum absolute atomic E-state index is 0.0358. The summed E-state index contributed by atoms with van der Waals surface area (Å²) in [7, 11) is -3.56. The number of aromatic hydroxyl groups is 1. The second kappa shape index (κ2) is 15.1. The van der Waals surface area contributed by atoms with Crippen LogP contribution in [0.5, 0.6) is 5.75 Å². The zero-order valence-corrected chi connectivity index (χ0v) is 23.8. The lowest BCUT2D eigenvalue weighted by Crippen LogP contribution is -2.31. The van der Waals surface area contributed by atoms with Crippen LogP contribution in [-0.2, 0) is 4.57 Å². The van der Waals surface area contributed by atoms with Crippen LogP contribution in [0.3, 0.4) is 0 Å². The number of amides is 1. The highest BCUT2D eigenvalue weighted by molar-refractivity contribution is 14.1. The maximum absolute atomic E-state index is 12.5. The number of hydrogen-bond donors (Lipinski definition) is 6. The molecular weight excluding hydrogens is 628 g/mol. The second-order valence-electron chi connectivity index (χ2n) is 8.79. The molecular formula is C24H31IN5O7P. The Hall–Kier alpha value is -2.67. The van der Waals surface area contributed by atoms with Crippen LogP contribution in [0.1, 0.15) is 58.5 Å². The predicted molar refractivity (Wildman–Crippen MR) is 151 cm³/mol. The molecule has 0 bridgehead atoms. The molecule has 1 unspecified atom stereocenters. The van der Waals surface area contributed by atoms with E-state index in [2.05, 4.69) is 20.7 Å². The number of hydrogen-bond acceptors (Lipinski definition) is 7. The molecule has 12 nitrogen and oxygen atoms in total. The summed E-state index contributed by atoms with van der Waals surface area (Å²) < 4.78 is 13.0. The van der Waals surface area contributed by atoms with Crippen molar-refractivity contribution in [3.8, 4) is 5.75 Å². The maximum Gasteiger partial charge on any atom is 0.335 e. The predicted octanol–water partition coefficient (Wildman–Crippen LogP) is 4.52. The molecule has 0 aliphatic heterocycles. The van der Waals surface area contributed by atoms with E-state index in [9.17, 15) is 29.3 Å². The molecule has 0 radical (unpaired) electrons. The van der Waals surface area contributed by atoms with Crippen LogP contribution in [0.15, 0.2) is 41.5 Å². The first-order valence-electron chi connectivity index (χ1n) is 11.8. The van der Waals surface area contributed by atoms with Crippen molar-refractivity contribution in [3.05, 3.63) is 67.1 Å². The Kier molecular flexibility index (Phi) is 12.5. The van der Waals surface area contributed by atoms with E-state index in [0.29, 0.717) is 29.4 Å². The summed E-state index contributed by atoms with van der Waals surface area (Å²) in [6, 6.07) is 8.81. The fourth-order valence-corrected chi connectivity index (χ4v) is 5.94. The normalized spacial score (nSPS) is 14.1. The van der Waals surface area contributed by atoms with Crippen molar-refractivity contribution in [3.63, 3.8) is 0 Å². The van der Waals surface area contributed by atoms with Crippen molar-refractivity contribution in [2.75, 3.05) is 25.4 Å². The van der Waals surface area contributed by atoms with Crippen LogP contribution in [0.4, 0.5) is 5.69 Å². The topological polar surface area (TPSA) is 205 Å². The second-order valence-corrected chi connectivity index (χ2v) is 12.5.